The van der Waals surface area contributed by atoms with Crippen molar-refractivity contribution in [2.75, 3.05) is 33.3 Å². The molecule has 2 aromatic carbocycles. The minimum Gasteiger partial charge on any atom is -0.497 e. The second-order valence-corrected chi connectivity index (χ2v) is 10.8. The minimum absolute atomic E-state index is 0.173. The number of ether oxygens (including phenoxy) is 1. The van der Waals surface area contributed by atoms with Crippen LogP contribution in [0.3, 0.4) is 0 Å². The molecule has 1 N–H and O–H groups in total. The Hall–Kier alpha value is -2.42. The van der Waals surface area contributed by atoms with E-state index in [2.05, 4.69) is 22.3 Å². The van der Waals surface area contributed by atoms with Gasteiger partial charge in [0.25, 0.3) is 0 Å². The highest BCUT2D eigenvalue weighted by Crippen LogP contribution is 2.26. The van der Waals surface area contributed by atoms with Gasteiger partial charge in [-0.15, -0.1) is 0 Å². The molecule has 178 valence electrons. The number of amides is 1. The van der Waals surface area contributed by atoms with Gasteiger partial charge in [0.15, 0.2) is 0 Å². The molecular weight excluding hydrogens is 438 g/mol. The lowest BCUT2D eigenvalue weighted by molar-refractivity contribution is -0.124. The molecule has 2 saturated heterocycles. The Kier molecular flexibility index (Phi) is 7.67. The van der Waals surface area contributed by atoms with Crippen molar-refractivity contribution in [3.63, 3.8) is 0 Å². The molecule has 0 radical (unpaired) electrons. The molecule has 0 bridgehead atoms. The smallest absolute Gasteiger partial charge is 0.243 e. The lowest BCUT2D eigenvalue weighted by Gasteiger charge is -2.32. The fourth-order valence-corrected chi connectivity index (χ4v) is 6.40. The summed E-state index contributed by atoms with van der Waals surface area (Å²) in [6.07, 6.45) is 3.31. The maximum absolute atomic E-state index is 13.0. The molecule has 1 amide bonds. The summed E-state index contributed by atoms with van der Waals surface area (Å²) in [5.41, 5.74) is 1.27. The summed E-state index contributed by atoms with van der Waals surface area (Å²) in [5, 5.41) is 3.05. The van der Waals surface area contributed by atoms with Crippen molar-refractivity contribution in [3.05, 3.63) is 60.2 Å². The second-order valence-electron chi connectivity index (χ2n) is 8.90. The second kappa shape index (κ2) is 10.7. The minimum atomic E-state index is -3.66. The fourth-order valence-electron chi connectivity index (χ4n) is 4.72. The van der Waals surface area contributed by atoms with Crippen LogP contribution < -0.4 is 10.1 Å². The number of rotatable bonds is 8. The molecule has 8 heteroatoms. The lowest BCUT2D eigenvalue weighted by Crippen LogP contribution is -2.47. The first-order valence-corrected chi connectivity index (χ1v) is 13.1. The van der Waals surface area contributed by atoms with Gasteiger partial charge in [-0.2, -0.15) is 4.31 Å². The van der Waals surface area contributed by atoms with Gasteiger partial charge in [-0.05, 0) is 74.5 Å². The maximum Gasteiger partial charge on any atom is 0.243 e. The van der Waals surface area contributed by atoms with Gasteiger partial charge in [0, 0.05) is 19.6 Å². The van der Waals surface area contributed by atoms with Crippen LogP contribution in [-0.4, -0.2) is 62.9 Å². The van der Waals surface area contributed by atoms with E-state index in [0.29, 0.717) is 31.8 Å². The molecule has 1 atom stereocenters. The summed E-state index contributed by atoms with van der Waals surface area (Å²) >= 11 is 0. The standard InChI is InChI=1S/C25H33N3O4S/c1-32-22-11-9-21(10-12-22)19-27-16-13-20(14-17-27)18-26-25(29)24-8-5-15-28(24)33(30,31)23-6-3-2-4-7-23/h2-4,6-7,9-12,20,24H,5,8,13-19H2,1H3,(H,26,29). The maximum atomic E-state index is 13.0. The van der Waals surface area contributed by atoms with Crippen LogP contribution in [0.25, 0.3) is 0 Å². The Labute approximate surface area is 196 Å². The first-order valence-electron chi connectivity index (χ1n) is 11.7. The topological polar surface area (TPSA) is 79.0 Å². The molecule has 2 aliphatic rings. The van der Waals surface area contributed by atoms with Crippen molar-refractivity contribution >= 4 is 15.9 Å². The number of likely N-dealkylation sites (tertiary alicyclic amines) is 1. The van der Waals surface area contributed by atoms with Crippen LogP contribution in [0.2, 0.25) is 0 Å². The van der Waals surface area contributed by atoms with E-state index in [1.165, 1.54) is 9.87 Å². The highest BCUT2D eigenvalue weighted by molar-refractivity contribution is 7.89. The highest BCUT2D eigenvalue weighted by Gasteiger charge is 2.39. The third-order valence-electron chi connectivity index (χ3n) is 6.69. The van der Waals surface area contributed by atoms with Crippen LogP contribution in [0.5, 0.6) is 5.75 Å². The van der Waals surface area contributed by atoms with Gasteiger partial charge in [-0.25, -0.2) is 8.42 Å². The van der Waals surface area contributed by atoms with Gasteiger partial charge in [-0.3, -0.25) is 9.69 Å². The summed E-state index contributed by atoms with van der Waals surface area (Å²) in [7, 11) is -1.99. The van der Waals surface area contributed by atoms with Crippen molar-refractivity contribution in [2.45, 2.75) is 43.2 Å². The molecule has 0 aromatic heterocycles. The molecule has 2 aliphatic heterocycles. The number of hydrogen-bond acceptors (Lipinski definition) is 5. The Morgan fingerprint density at radius 3 is 2.36 bits per heavy atom. The van der Waals surface area contributed by atoms with Gasteiger partial charge in [-0.1, -0.05) is 30.3 Å². The summed E-state index contributed by atoms with van der Waals surface area (Å²) < 4.78 is 32.6. The number of hydrogen-bond donors (Lipinski definition) is 1. The van der Waals surface area contributed by atoms with E-state index < -0.39 is 16.1 Å². The molecule has 0 aliphatic carbocycles. The number of nitrogens with one attached hydrogen (secondary N) is 1. The molecule has 0 spiro atoms. The number of carbonyl (C=O) groups excluding carboxylic acids is 1. The average Bonchev–Trinajstić information content (AvgIpc) is 3.36. The van der Waals surface area contributed by atoms with E-state index in [4.69, 9.17) is 4.74 Å². The Balaban J connectivity index is 1.25. The van der Waals surface area contributed by atoms with E-state index in [9.17, 15) is 13.2 Å². The molecule has 1 unspecified atom stereocenters. The third-order valence-corrected chi connectivity index (χ3v) is 8.62. The Bertz CT molecular complexity index is 1020. The van der Waals surface area contributed by atoms with E-state index in [-0.39, 0.29) is 10.8 Å². The SMILES string of the molecule is COc1ccc(CN2CCC(CNC(=O)C3CCCN3S(=O)(=O)c3ccccc3)CC2)cc1. The number of sulfonamides is 1. The quantitative estimate of drug-likeness (QED) is 0.641. The zero-order valence-electron chi connectivity index (χ0n) is 19.2. The average molecular weight is 472 g/mol. The van der Waals surface area contributed by atoms with E-state index in [1.54, 1.807) is 37.4 Å². The van der Waals surface area contributed by atoms with Gasteiger partial charge < -0.3 is 10.1 Å². The summed E-state index contributed by atoms with van der Waals surface area (Å²) in [6, 6.07) is 15.9. The van der Waals surface area contributed by atoms with E-state index in [1.807, 2.05) is 12.1 Å². The molecule has 0 saturated carbocycles. The van der Waals surface area contributed by atoms with Crippen LogP contribution in [0.4, 0.5) is 0 Å². The third kappa shape index (κ3) is 5.75. The first kappa shape index (κ1) is 23.7. The summed E-state index contributed by atoms with van der Waals surface area (Å²) in [5.74, 6) is 1.11. The molecule has 7 nitrogen and oxygen atoms in total. The van der Waals surface area contributed by atoms with E-state index in [0.717, 1.165) is 38.2 Å². The molecule has 2 aromatic rings. The van der Waals surface area contributed by atoms with Gasteiger partial charge >= 0.3 is 0 Å². The largest absolute Gasteiger partial charge is 0.497 e. The summed E-state index contributed by atoms with van der Waals surface area (Å²) in [6.45, 7) is 3.89. The van der Waals surface area contributed by atoms with Gasteiger partial charge in [0.1, 0.15) is 11.8 Å². The Morgan fingerprint density at radius 1 is 1.00 bits per heavy atom. The molecule has 33 heavy (non-hydrogen) atoms. The molecular formula is C25H33N3O4S. The number of carbonyl (C=O) groups is 1. The number of methoxy groups -OCH3 is 1. The van der Waals surface area contributed by atoms with Crippen molar-refractivity contribution in [2.24, 2.45) is 5.92 Å². The van der Waals surface area contributed by atoms with E-state index >= 15 is 0 Å². The number of nitrogens with zero attached hydrogens (tertiary/aromatic N) is 2. The van der Waals surface area contributed by atoms with Crippen molar-refractivity contribution in [3.8, 4) is 5.75 Å². The van der Waals surface area contributed by atoms with Crippen LogP contribution in [0, 0.1) is 5.92 Å². The number of benzene rings is 2. The van der Waals surface area contributed by atoms with Crippen LogP contribution in [0.1, 0.15) is 31.2 Å². The zero-order valence-corrected chi connectivity index (χ0v) is 20.0. The van der Waals surface area contributed by atoms with Crippen molar-refractivity contribution < 1.29 is 17.9 Å². The van der Waals surface area contributed by atoms with Gasteiger partial charge in [0.05, 0.1) is 12.0 Å². The first-order chi connectivity index (χ1) is 16.0. The van der Waals surface area contributed by atoms with Crippen molar-refractivity contribution in [1.29, 1.82) is 0 Å². The monoisotopic (exact) mass is 471 g/mol. The predicted molar refractivity (Wildman–Crippen MR) is 127 cm³/mol. The van der Waals surface area contributed by atoms with Gasteiger partial charge in [0.2, 0.25) is 15.9 Å². The predicted octanol–water partition coefficient (Wildman–Crippen LogP) is 2.88. The van der Waals surface area contributed by atoms with Crippen LogP contribution >= 0.6 is 0 Å². The molecule has 4 rings (SSSR count). The fraction of sp³-hybridized carbons (Fsp3) is 0.480. The lowest BCUT2D eigenvalue weighted by atomic mass is 9.96. The normalized spacial score (nSPS) is 20.6. The highest BCUT2D eigenvalue weighted by atomic mass is 32.2. The van der Waals surface area contributed by atoms with Crippen LogP contribution in [0.15, 0.2) is 59.5 Å². The van der Waals surface area contributed by atoms with Crippen LogP contribution in [-0.2, 0) is 21.4 Å². The molecule has 2 fully saturated rings. The zero-order chi connectivity index (χ0) is 23.3. The van der Waals surface area contributed by atoms with Crippen molar-refractivity contribution in [1.82, 2.24) is 14.5 Å². The Morgan fingerprint density at radius 2 is 1.70 bits per heavy atom. The number of piperidine rings is 1. The summed E-state index contributed by atoms with van der Waals surface area (Å²) in [4.78, 5) is 15.6. The molecule has 2 heterocycles.